The van der Waals surface area contributed by atoms with Gasteiger partial charge in [-0.05, 0) is 53.1 Å². The Bertz CT molecular complexity index is 283. The molecule has 1 heterocycles. The van der Waals surface area contributed by atoms with Crippen LogP contribution in [0.2, 0.25) is 0 Å². The van der Waals surface area contributed by atoms with Gasteiger partial charge in [-0.3, -0.25) is 9.69 Å². The van der Waals surface area contributed by atoms with E-state index in [-0.39, 0.29) is 17.6 Å². The molecule has 1 rings (SSSR count). The molecule has 0 amide bonds. The first kappa shape index (κ1) is 17.5. The van der Waals surface area contributed by atoms with Gasteiger partial charge in [-0.15, -0.1) is 0 Å². The van der Waals surface area contributed by atoms with Gasteiger partial charge in [0.1, 0.15) is 11.6 Å². The highest BCUT2D eigenvalue weighted by Gasteiger charge is 2.33. The molecule has 1 saturated heterocycles. The minimum Gasteiger partial charge on any atom is -0.459 e. The molecule has 118 valence electrons. The summed E-state index contributed by atoms with van der Waals surface area (Å²) in [6, 6.07) is 0.00451. The van der Waals surface area contributed by atoms with Gasteiger partial charge >= 0.3 is 5.97 Å². The fraction of sp³-hybridized carbons (Fsp3) is 0.941. The Hall–Kier alpha value is -0.570. The third kappa shape index (κ3) is 6.74. The summed E-state index contributed by atoms with van der Waals surface area (Å²) in [5.74, 6) is -0.0269. The predicted molar refractivity (Wildman–Crippen MR) is 83.8 cm³/mol. The van der Waals surface area contributed by atoms with Crippen LogP contribution in [0.4, 0.5) is 0 Å². The van der Waals surface area contributed by atoms with Gasteiger partial charge < -0.3 is 4.74 Å². The Morgan fingerprint density at radius 1 is 1.15 bits per heavy atom. The Morgan fingerprint density at radius 3 is 2.45 bits per heavy atom. The third-order valence-electron chi connectivity index (χ3n) is 3.84. The number of carbonyl (C=O) groups excluding carboxylic acids is 1. The number of likely N-dealkylation sites (tertiary alicyclic amines) is 1. The van der Waals surface area contributed by atoms with Crippen molar-refractivity contribution in [2.45, 2.75) is 90.7 Å². The molecule has 0 unspecified atom stereocenters. The maximum absolute atomic E-state index is 12.2. The maximum Gasteiger partial charge on any atom is 0.323 e. The van der Waals surface area contributed by atoms with Crippen LogP contribution in [0.25, 0.3) is 0 Å². The van der Waals surface area contributed by atoms with Gasteiger partial charge in [-0.25, -0.2) is 0 Å². The lowest BCUT2D eigenvalue weighted by molar-refractivity contribution is -0.160. The van der Waals surface area contributed by atoms with E-state index >= 15 is 0 Å². The topological polar surface area (TPSA) is 29.5 Å². The molecule has 0 spiro atoms. The molecule has 0 aromatic carbocycles. The first-order chi connectivity index (χ1) is 9.44. The van der Waals surface area contributed by atoms with Crippen molar-refractivity contribution in [3.63, 3.8) is 0 Å². The number of ether oxygens (including phenoxy) is 1. The highest BCUT2D eigenvalue weighted by molar-refractivity contribution is 5.76. The highest BCUT2D eigenvalue weighted by atomic mass is 16.6. The largest absolute Gasteiger partial charge is 0.459 e. The van der Waals surface area contributed by atoms with Crippen molar-refractivity contribution in [2.75, 3.05) is 13.1 Å². The van der Waals surface area contributed by atoms with Gasteiger partial charge in [0.25, 0.3) is 0 Å². The molecule has 0 aromatic rings. The van der Waals surface area contributed by atoms with Crippen molar-refractivity contribution in [2.24, 2.45) is 0 Å². The quantitative estimate of drug-likeness (QED) is 0.495. The van der Waals surface area contributed by atoms with E-state index in [2.05, 4.69) is 11.8 Å². The van der Waals surface area contributed by atoms with Crippen LogP contribution in [0.3, 0.4) is 0 Å². The molecule has 1 aliphatic heterocycles. The van der Waals surface area contributed by atoms with Crippen LogP contribution in [-0.4, -0.2) is 35.6 Å². The van der Waals surface area contributed by atoms with Gasteiger partial charge in [-0.1, -0.05) is 39.0 Å². The van der Waals surface area contributed by atoms with Crippen LogP contribution in [0.15, 0.2) is 0 Å². The summed E-state index contributed by atoms with van der Waals surface area (Å²) >= 11 is 0. The lowest BCUT2D eigenvalue weighted by atomic mass is 10.1. The Kier molecular flexibility index (Phi) is 7.57. The minimum atomic E-state index is -0.370. The van der Waals surface area contributed by atoms with Gasteiger partial charge in [0.05, 0.1) is 0 Å². The smallest absolute Gasteiger partial charge is 0.323 e. The van der Waals surface area contributed by atoms with Gasteiger partial charge in [0.2, 0.25) is 0 Å². The number of hydrogen-bond donors (Lipinski definition) is 0. The molecule has 20 heavy (non-hydrogen) atoms. The van der Waals surface area contributed by atoms with Crippen LogP contribution < -0.4 is 0 Å². The number of unbranched alkanes of at least 4 members (excludes halogenated alkanes) is 5. The van der Waals surface area contributed by atoms with Crippen LogP contribution in [0, 0.1) is 0 Å². The Morgan fingerprint density at radius 2 is 1.80 bits per heavy atom. The van der Waals surface area contributed by atoms with E-state index in [1.165, 1.54) is 38.5 Å². The van der Waals surface area contributed by atoms with E-state index in [0.29, 0.717) is 0 Å². The van der Waals surface area contributed by atoms with Crippen LogP contribution in [-0.2, 0) is 9.53 Å². The first-order valence-electron chi connectivity index (χ1n) is 8.41. The standard InChI is InChI=1S/C17H33NO2/c1-5-6-7-8-9-10-13-18-14-11-12-15(18)16(19)20-17(2,3)4/h15H,5-14H2,1-4H3/t15-/m0/s1. The summed E-state index contributed by atoms with van der Waals surface area (Å²) in [6.45, 7) is 10.2. The van der Waals surface area contributed by atoms with Crippen LogP contribution in [0.1, 0.15) is 79.1 Å². The third-order valence-corrected chi connectivity index (χ3v) is 3.84. The second-order valence-corrected chi connectivity index (χ2v) is 7.00. The van der Waals surface area contributed by atoms with E-state index < -0.39 is 0 Å². The SMILES string of the molecule is CCCCCCCCN1CCC[C@H]1C(=O)OC(C)(C)C. The van der Waals surface area contributed by atoms with Crippen molar-refractivity contribution in [1.29, 1.82) is 0 Å². The zero-order chi connectivity index (χ0) is 15.0. The summed E-state index contributed by atoms with van der Waals surface area (Å²) in [5, 5.41) is 0. The van der Waals surface area contributed by atoms with Crippen molar-refractivity contribution < 1.29 is 9.53 Å². The summed E-state index contributed by atoms with van der Waals surface area (Å²) in [5.41, 5.74) is -0.370. The maximum atomic E-state index is 12.2. The molecule has 3 heteroatoms. The van der Waals surface area contributed by atoms with Crippen molar-refractivity contribution >= 4 is 5.97 Å². The molecule has 0 aromatic heterocycles. The second kappa shape index (κ2) is 8.66. The van der Waals surface area contributed by atoms with E-state index in [0.717, 1.165) is 25.9 Å². The molecule has 3 nitrogen and oxygen atoms in total. The molecular formula is C17H33NO2. The fourth-order valence-corrected chi connectivity index (χ4v) is 2.83. The zero-order valence-corrected chi connectivity index (χ0v) is 13.9. The van der Waals surface area contributed by atoms with Gasteiger partial charge in [0, 0.05) is 0 Å². The van der Waals surface area contributed by atoms with E-state index in [1.54, 1.807) is 0 Å². The van der Waals surface area contributed by atoms with Gasteiger partial charge in [0.15, 0.2) is 0 Å². The number of esters is 1. The molecule has 0 saturated carbocycles. The minimum absolute atomic E-state index is 0.00451. The van der Waals surface area contributed by atoms with Crippen LogP contribution >= 0.6 is 0 Å². The summed E-state index contributed by atoms with van der Waals surface area (Å²) in [4.78, 5) is 14.5. The zero-order valence-electron chi connectivity index (χ0n) is 13.9. The first-order valence-corrected chi connectivity index (χ1v) is 8.41. The average Bonchev–Trinajstić information content (AvgIpc) is 2.80. The molecular weight excluding hydrogens is 250 g/mol. The number of carbonyl (C=O) groups is 1. The Labute approximate surface area is 125 Å². The molecule has 1 aliphatic rings. The van der Waals surface area contributed by atoms with E-state index in [9.17, 15) is 4.79 Å². The number of hydrogen-bond acceptors (Lipinski definition) is 3. The van der Waals surface area contributed by atoms with Crippen molar-refractivity contribution in [1.82, 2.24) is 4.90 Å². The molecule has 0 aliphatic carbocycles. The fourth-order valence-electron chi connectivity index (χ4n) is 2.83. The molecule has 0 bridgehead atoms. The van der Waals surface area contributed by atoms with Crippen LogP contribution in [0.5, 0.6) is 0 Å². The number of nitrogens with zero attached hydrogens (tertiary/aromatic N) is 1. The summed E-state index contributed by atoms with van der Waals surface area (Å²) in [7, 11) is 0. The molecule has 0 radical (unpaired) electrons. The predicted octanol–water partition coefficient (Wildman–Crippen LogP) is 4.15. The van der Waals surface area contributed by atoms with E-state index in [4.69, 9.17) is 4.74 Å². The van der Waals surface area contributed by atoms with Crippen molar-refractivity contribution in [3.05, 3.63) is 0 Å². The normalized spacial score (nSPS) is 20.3. The molecule has 1 fully saturated rings. The Balaban J connectivity index is 2.25. The second-order valence-electron chi connectivity index (χ2n) is 7.00. The number of rotatable bonds is 8. The molecule has 1 atom stereocenters. The van der Waals surface area contributed by atoms with Gasteiger partial charge in [-0.2, -0.15) is 0 Å². The summed E-state index contributed by atoms with van der Waals surface area (Å²) in [6.07, 6.45) is 9.92. The average molecular weight is 283 g/mol. The lowest BCUT2D eigenvalue weighted by Gasteiger charge is -2.27. The lowest BCUT2D eigenvalue weighted by Crippen LogP contribution is -2.40. The molecule has 0 N–H and O–H groups in total. The highest BCUT2D eigenvalue weighted by Crippen LogP contribution is 2.21. The monoisotopic (exact) mass is 283 g/mol. The van der Waals surface area contributed by atoms with Crippen molar-refractivity contribution in [3.8, 4) is 0 Å². The van der Waals surface area contributed by atoms with E-state index in [1.807, 2.05) is 20.8 Å². The summed E-state index contributed by atoms with van der Waals surface area (Å²) < 4.78 is 5.53.